The molecule has 6 aromatic rings. The van der Waals surface area contributed by atoms with E-state index in [-0.39, 0.29) is 101 Å². The Balaban J connectivity index is 1.05. The van der Waals surface area contributed by atoms with Gasteiger partial charge in [-0.05, 0) is 85.4 Å². The fraction of sp³-hybridized carbons (Fsp3) is 0.419. The number of nitrogens with two attached hydrogens (primary N) is 2. The molecular formula is C62H78N16O13. The van der Waals surface area contributed by atoms with E-state index in [4.69, 9.17) is 11.5 Å². The molecule has 5 heterocycles. The van der Waals surface area contributed by atoms with E-state index in [0.29, 0.717) is 50.6 Å². The number of imidazole rings is 1. The Morgan fingerprint density at radius 2 is 1.19 bits per heavy atom. The number of carbonyl (C=O) groups excluding carboxylic acids is 9. The molecular weight excluding hydrogens is 1180 g/mol. The van der Waals surface area contributed by atoms with Gasteiger partial charge in [0.2, 0.25) is 53.2 Å². The number of phenols is 1. The number of aliphatic carboxylic acids is 1. The number of carboxylic acids is 1. The van der Waals surface area contributed by atoms with Gasteiger partial charge in [0, 0.05) is 91.3 Å². The van der Waals surface area contributed by atoms with Gasteiger partial charge in [0.1, 0.15) is 60.1 Å². The molecule has 2 fully saturated rings. The van der Waals surface area contributed by atoms with Crippen LogP contribution in [-0.2, 0) is 73.6 Å². The van der Waals surface area contributed by atoms with Crippen LogP contribution in [-0.4, -0.2) is 179 Å². The smallest absolute Gasteiger partial charge is 0.326 e. The van der Waals surface area contributed by atoms with Gasteiger partial charge in [0.15, 0.2) is 5.96 Å². The number of aliphatic hydroxyl groups excluding tert-OH is 1. The highest BCUT2D eigenvalue weighted by Gasteiger charge is 2.40. The maximum atomic E-state index is 15.0. The number of guanidine groups is 1. The highest BCUT2D eigenvalue weighted by Crippen LogP contribution is 2.24. The number of aromatic hydroxyl groups is 1. The third kappa shape index (κ3) is 18.2. The van der Waals surface area contributed by atoms with Gasteiger partial charge in [-0.3, -0.25) is 48.1 Å². The molecule has 2 aliphatic rings. The molecule has 29 heteroatoms. The first-order chi connectivity index (χ1) is 43.6. The van der Waals surface area contributed by atoms with E-state index >= 15 is 4.79 Å². The van der Waals surface area contributed by atoms with Crippen molar-refractivity contribution >= 4 is 86.9 Å². The average Bonchev–Trinajstić information content (AvgIpc) is 1.91. The third-order valence-corrected chi connectivity index (χ3v) is 15.9. The van der Waals surface area contributed by atoms with E-state index in [2.05, 4.69) is 67.5 Å². The van der Waals surface area contributed by atoms with Gasteiger partial charge in [-0.25, -0.2) is 9.78 Å². The van der Waals surface area contributed by atoms with Crippen molar-refractivity contribution in [2.45, 2.75) is 139 Å². The van der Waals surface area contributed by atoms with Crippen LogP contribution < -0.4 is 54.0 Å². The van der Waals surface area contributed by atoms with Crippen LogP contribution in [0, 0.1) is 5.92 Å². The highest BCUT2D eigenvalue weighted by atomic mass is 16.4. The Hall–Kier alpha value is -10.3. The van der Waals surface area contributed by atoms with Crippen LogP contribution in [0.2, 0.25) is 0 Å². The number of fused-ring (bicyclic) bond motifs is 2. The van der Waals surface area contributed by atoms with Crippen molar-refractivity contribution in [3.05, 3.63) is 120 Å². The number of likely N-dealkylation sites (tertiary alicyclic amines) is 1. The monoisotopic (exact) mass is 1250 g/mol. The summed E-state index contributed by atoms with van der Waals surface area (Å²) in [6.07, 6.45) is 6.53. The zero-order chi connectivity index (χ0) is 65.3. The van der Waals surface area contributed by atoms with Crippen molar-refractivity contribution < 1.29 is 63.3 Å². The number of H-pyrrole nitrogens is 3. The van der Waals surface area contributed by atoms with Gasteiger partial charge in [0.05, 0.1) is 12.9 Å². The SMILES string of the molecule is CC(C)C[C@H](NC(=O)[C@@H](Cc1c[nH]c2ccccc12)NC(=O)[C@H](Cc1ccc(O)cc1)NC(=O)[C@H](CO)NC(=O)[C@H](Cc1c[nH]c2ccccc12)NC(=O)[C@H](Cc1cnc[nH]1)NC(=O)[C@@H]1CCC(=O)N1)C(=O)N[C@@H](CCCN=C(N)N)C(=O)N1CCC[C@H]1C(=O)O. The summed E-state index contributed by atoms with van der Waals surface area (Å²) in [6, 6.07) is 7.77. The number of nitrogens with one attached hydrogen (secondary N) is 11. The lowest BCUT2D eigenvalue weighted by molar-refractivity contribution is -0.149. The van der Waals surface area contributed by atoms with Crippen molar-refractivity contribution in [1.82, 2.24) is 67.4 Å². The Kier molecular flexibility index (Phi) is 22.9. The second-order valence-corrected chi connectivity index (χ2v) is 23.2. The number of amides is 9. The van der Waals surface area contributed by atoms with Crippen LogP contribution >= 0.6 is 0 Å². The molecule has 0 unspecified atom stereocenters. The van der Waals surface area contributed by atoms with Crippen molar-refractivity contribution in [1.29, 1.82) is 0 Å². The number of carboxylic acid groups (broad SMARTS) is 1. The minimum absolute atomic E-state index is 0.00158. The summed E-state index contributed by atoms with van der Waals surface area (Å²) >= 11 is 0. The molecule has 29 nitrogen and oxygen atoms in total. The molecule has 2 aliphatic heterocycles. The molecule has 9 atom stereocenters. The van der Waals surface area contributed by atoms with E-state index < -0.39 is 114 Å². The van der Waals surface area contributed by atoms with Crippen LogP contribution in [0.25, 0.3) is 21.8 Å². The van der Waals surface area contributed by atoms with Gasteiger partial charge < -0.3 is 89.2 Å². The highest BCUT2D eigenvalue weighted by molar-refractivity contribution is 6.00. The largest absolute Gasteiger partial charge is 0.508 e. The Morgan fingerprint density at radius 1 is 0.659 bits per heavy atom. The van der Waals surface area contributed by atoms with Gasteiger partial charge in [-0.1, -0.05) is 62.4 Å². The molecule has 484 valence electrons. The van der Waals surface area contributed by atoms with Crippen LogP contribution in [0.1, 0.15) is 81.2 Å². The molecule has 2 saturated heterocycles. The summed E-state index contributed by atoms with van der Waals surface area (Å²) in [5.41, 5.74) is 14.5. The molecule has 0 aliphatic carbocycles. The summed E-state index contributed by atoms with van der Waals surface area (Å²) < 4.78 is 0. The minimum atomic E-state index is -1.79. The summed E-state index contributed by atoms with van der Waals surface area (Å²) in [6.45, 7) is 2.80. The molecule has 18 N–H and O–H groups in total. The van der Waals surface area contributed by atoms with Gasteiger partial charge in [-0.15, -0.1) is 0 Å². The summed E-state index contributed by atoms with van der Waals surface area (Å²) in [4.78, 5) is 158. The van der Waals surface area contributed by atoms with Crippen LogP contribution in [0.4, 0.5) is 0 Å². The minimum Gasteiger partial charge on any atom is -0.508 e. The summed E-state index contributed by atoms with van der Waals surface area (Å²) in [5.74, 6) is -8.79. The van der Waals surface area contributed by atoms with Gasteiger partial charge in [-0.2, -0.15) is 0 Å². The number of aromatic amines is 3. The number of carbonyl (C=O) groups is 10. The quantitative estimate of drug-likeness (QED) is 0.0144. The molecule has 0 radical (unpaired) electrons. The third-order valence-electron chi connectivity index (χ3n) is 15.9. The van der Waals surface area contributed by atoms with E-state index in [1.54, 1.807) is 68.7 Å². The van der Waals surface area contributed by atoms with Crippen LogP contribution in [0.3, 0.4) is 0 Å². The van der Waals surface area contributed by atoms with Crippen molar-refractivity contribution in [2.75, 3.05) is 19.7 Å². The predicted octanol–water partition coefficient (Wildman–Crippen LogP) is -0.812. The molecule has 9 amide bonds. The maximum absolute atomic E-state index is 15.0. The lowest BCUT2D eigenvalue weighted by atomic mass is 9.99. The number of hydrogen-bond acceptors (Lipinski definition) is 14. The number of nitrogens with zero attached hydrogens (tertiary/aromatic N) is 3. The second kappa shape index (κ2) is 31.2. The Morgan fingerprint density at radius 3 is 1.71 bits per heavy atom. The van der Waals surface area contributed by atoms with Gasteiger partial charge in [0.25, 0.3) is 0 Å². The van der Waals surface area contributed by atoms with E-state index in [1.165, 1.54) is 41.7 Å². The zero-order valence-corrected chi connectivity index (χ0v) is 50.3. The summed E-state index contributed by atoms with van der Waals surface area (Å²) in [5, 5.41) is 53.9. The number of aromatic nitrogens is 4. The van der Waals surface area contributed by atoms with E-state index in [1.807, 2.05) is 6.07 Å². The Bertz CT molecular complexity index is 3600. The number of benzene rings is 3. The lowest BCUT2D eigenvalue weighted by Crippen LogP contribution is -2.61. The zero-order valence-electron chi connectivity index (χ0n) is 50.3. The van der Waals surface area contributed by atoms with Gasteiger partial charge >= 0.3 is 5.97 Å². The molecule has 3 aromatic heterocycles. The van der Waals surface area contributed by atoms with Crippen LogP contribution in [0.15, 0.2) is 103 Å². The standard InChI is InChI=1S/C62H78N16O13/c1-33(2)23-45(54(83)71-44(13-7-21-66-62(63)64)60(89)78-22-8-14-51(78)61(90)91)72-56(85)47(25-35-28-67-41-11-5-3-9-39(35)41)74-55(84)46(24-34-15-17-38(80)18-16-34)73-59(88)50(31-79)77-57(86)48(26-36-29-68-42-12-6-4-10-40(36)42)75-58(87)49(27-37-30-65-32-69-37)76-53(82)43-19-20-52(81)70-43/h3-6,9-12,15-18,28-30,32-33,43-51,67-68,79-80H,7-8,13-14,19-27,31H2,1-2H3,(H,65,69)(H,70,81)(H,71,83)(H,72,85)(H,73,88)(H,74,84)(H,75,87)(H,76,82)(H,77,86)(H,90,91)(H4,63,64,66)/t43-,44-,45-,46-,47+,48-,49-,50-,51-/m0/s1. The molecule has 0 saturated carbocycles. The molecule has 0 spiro atoms. The topological polar surface area (TPSA) is 456 Å². The van der Waals surface area contributed by atoms with E-state index in [0.717, 1.165) is 0 Å². The number of hydrogen-bond donors (Lipinski definition) is 16. The number of aliphatic imine (C=N–C) groups is 1. The first-order valence-corrected chi connectivity index (χ1v) is 30.1. The van der Waals surface area contributed by atoms with Crippen LogP contribution in [0.5, 0.6) is 5.75 Å². The van der Waals surface area contributed by atoms with Crippen molar-refractivity contribution in [3.8, 4) is 5.75 Å². The second-order valence-electron chi connectivity index (χ2n) is 23.2. The maximum Gasteiger partial charge on any atom is 0.326 e. The average molecular weight is 1260 g/mol. The molecule has 8 rings (SSSR count). The van der Waals surface area contributed by atoms with Crippen molar-refractivity contribution in [2.24, 2.45) is 22.4 Å². The lowest BCUT2D eigenvalue weighted by Gasteiger charge is -2.30. The summed E-state index contributed by atoms with van der Waals surface area (Å²) in [7, 11) is 0. The number of phenolic OH excluding ortho intramolecular Hbond substituents is 1. The number of aliphatic hydroxyl groups is 1. The molecule has 91 heavy (non-hydrogen) atoms. The first kappa shape index (κ1) is 66.6. The number of rotatable bonds is 31. The molecule has 3 aromatic carbocycles. The fourth-order valence-corrected chi connectivity index (χ4v) is 11.2. The van der Waals surface area contributed by atoms with Crippen molar-refractivity contribution in [3.63, 3.8) is 0 Å². The fourth-order valence-electron chi connectivity index (χ4n) is 11.2. The molecule has 0 bridgehead atoms. The number of para-hydroxylation sites is 2. The first-order valence-electron chi connectivity index (χ1n) is 30.1. The van der Waals surface area contributed by atoms with E-state index in [9.17, 15) is 58.5 Å². The Labute approximate surface area is 522 Å². The normalized spacial score (nSPS) is 16.9. The predicted molar refractivity (Wildman–Crippen MR) is 332 cm³/mol.